The molecule has 1 amide bonds. The van der Waals surface area contributed by atoms with E-state index in [1.807, 2.05) is 6.92 Å². The molecule has 0 saturated carbocycles. The van der Waals surface area contributed by atoms with Crippen LogP contribution in [0, 0.1) is 22.7 Å². The van der Waals surface area contributed by atoms with E-state index in [0.717, 1.165) is 36.2 Å². The maximum absolute atomic E-state index is 11.6. The molecule has 0 aliphatic heterocycles. The predicted octanol–water partition coefficient (Wildman–Crippen LogP) is 4.38. The first-order valence-electron chi connectivity index (χ1n) is 8.41. The van der Waals surface area contributed by atoms with Crippen molar-refractivity contribution in [1.82, 2.24) is 5.32 Å². The second-order valence-corrected chi connectivity index (χ2v) is 8.89. The fourth-order valence-corrected chi connectivity index (χ4v) is 4.64. The molecule has 1 aliphatic carbocycles. The van der Waals surface area contributed by atoms with Crippen LogP contribution >= 0.6 is 23.6 Å². The number of hydrogen-bond acceptors (Lipinski definition) is 4. The van der Waals surface area contributed by atoms with Gasteiger partial charge in [-0.15, -0.1) is 11.3 Å². The van der Waals surface area contributed by atoms with Gasteiger partial charge in [0.05, 0.1) is 5.56 Å². The molecule has 0 spiro atoms. The first-order valence-corrected chi connectivity index (χ1v) is 9.64. The Hall–Kier alpha value is -1.45. The highest BCUT2D eigenvalue weighted by Gasteiger charge is 2.32. The van der Waals surface area contributed by atoms with Crippen molar-refractivity contribution in [2.24, 2.45) is 11.3 Å². The number of carbonyl (C=O) groups excluding carboxylic acids is 1. The lowest BCUT2D eigenvalue weighted by Gasteiger charge is -2.33. The van der Waals surface area contributed by atoms with E-state index in [2.05, 4.69) is 37.5 Å². The molecule has 0 bridgehead atoms. The van der Waals surface area contributed by atoms with E-state index in [1.165, 1.54) is 4.88 Å². The van der Waals surface area contributed by atoms with Crippen LogP contribution in [0.25, 0.3) is 0 Å². The maximum atomic E-state index is 11.6. The molecule has 0 aromatic carbocycles. The van der Waals surface area contributed by atoms with Gasteiger partial charge in [0.15, 0.2) is 5.11 Å². The van der Waals surface area contributed by atoms with Crippen LogP contribution in [0.3, 0.4) is 0 Å². The van der Waals surface area contributed by atoms with Gasteiger partial charge in [0.25, 0.3) is 0 Å². The van der Waals surface area contributed by atoms with Crippen LogP contribution in [-0.2, 0) is 17.6 Å². The molecule has 2 rings (SSSR count). The van der Waals surface area contributed by atoms with Gasteiger partial charge in [-0.05, 0) is 54.8 Å². The number of thiophene rings is 1. The number of rotatable bonds is 3. The quantitative estimate of drug-likeness (QED) is 0.782. The van der Waals surface area contributed by atoms with Gasteiger partial charge in [0.2, 0.25) is 5.91 Å². The third kappa shape index (κ3) is 4.34. The summed E-state index contributed by atoms with van der Waals surface area (Å²) in [5.74, 6) is 0.530. The SMILES string of the molecule is CCCC(=O)NC(=S)Nc1sc2c(c1C#N)CC[C@H](C(C)(C)C)C2. The Morgan fingerprint density at radius 1 is 1.46 bits per heavy atom. The van der Waals surface area contributed by atoms with Crippen molar-refractivity contribution in [2.45, 2.75) is 59.8 Å². The summed E-state index contributed by atoms with van der Waals surface area (Å²) in [4.78, 5) is 12.9. The van der Waals surface area contributed by atoms with E-state index in [-0.39, 0.29) is 16.4 Å². The second kappa shape index (κ2) is 7.62. The number of hydrogen-bond donors (Lipinski definition) is 2. The smallest absolute Gasteiger partial charge is 0.226 e. The fraction of sp³-hybridized carbons (Fsp3) is 0.611. The fourth-order valence-electron chi connectivity index (χ4n) is 3.08. The van der Waals surface area contributed by atoms with E-state index in [4.69, 9.17) is 12.2 Å². The van der Waals surface area contributed by atoms with E-state index in [1.54, 1.807) is 11.3 Å². The summed E-state index contributed by atoms with van der Waals surface area (Å²) in [7, 11) is 0. The maximum Gasteiger partial charge on any atom is 0.226 e. The van der Waals surface area contributed by atoms with Crippen LogP contribution in [0.2, 0.25) is 0 Å². The largest absolute Gasteiger partial charge is 0.323 e. The Balaban J connectivity index is 2.16. The topological polar surface area (TPSA) is 64.9 Å². The molecule has 0 saturated heterocycles. The molecule has 0 radical (unpaired) electrons. The molecule has 1 atom stereocenters. The van der Waals surface area contributed by atoms with E-state index < -0.39 is 0 Å². The minimum absolute atomic E-state index is 0.0948. The zero-order chi connectivity index (χ0) is 17.9. The zero-order valence-electron chi connectivity index (χ0n) is 14.8. The average molecular weight is 364 g/mol. The molecule has 1 aliphatic rings. The van der Waals surface area contributed by atoms with Crippen molar-refractivity contribution >= 4 is 39.6 Å². The Kier molecular flexibility index (Phi) is 6.00. The monoisotopic (exact) mass is 363 g/mol. The Morgan fingerprint density at radius 3 is 2.75 bits per heavy atom. The van der Waals surface area contributed by atoms with Gasteiger partial charge < -0.3 is 10.6 Å². The van der Waals surface area contributed by atoms with Crippen molar-refractivity contribution in [3.63, 3.8) is 0 Å². The van der Waals surface area contributed by atoms with Crippen molar-refractivity contribution in [3.05, 3.63) is 16.0 Å². The Bertz CT molecular complexity index is 680. The number of fused-ring (bicyclic) bond motifs is 1. The average Bonchev–Trinajstić information content (AvgIpc) is 2.82. The van der Waals surface area contributed by atoms with Gasteiger partial charge in [-0.2, -0.15) is 5.26 Å². The molecular weight excluding hydrogens is 338 g/mol. The minimum atomic E-state index is -0.0948. The lowest BCUT2D eigenvalue weighted by atomic mass is 9.72. The summed E-state index contributed by atoms with van der Waals surface area (Å²) in [5, 5.41) is 16.3. The highest BCUT2D eigenvalue weighted by molar-refractivity contribution is 7.80. The molecule has 0 unspecified atom stereocenters. The molecule has 130 valence electrons. The van der Waals surface area contributed by atoms with Crippen LogP contribution in [0.15, 0.2) is 0 Å². The van der Waals surface area contributed by atoms with E-state index in [9.17, 15) is 10.1 Å². The van der Waals surface area contributed by atoms with Crippen molar-refractivity contribution in [1.29, 1.82) is 5.26 Å². The lowest BCUT2D eigenvalue weighted by molar-refractivity contribution is -0.119. The predicted molar refractivity (Wildman–Crippen MR) is 103 cm³/mol. The third-order valence-electron chi connectivity index (χ3n) is 4.56. The summed E-state index contributed by atoms with van der Waals surface area (Å²) in [5.41, 5.74) is 2.12. The zero-order valence-corrected chi connectivity index (χ0v) is 16.4. The van der Waals surface area contributed by atoms with Gasteiger partial charge in [-0.25, -0.2) is 0 Å². The van der Waals surface area contributed by atoms with E-state index in [0.29, 0.717) is 17.9 Å². The molecule has 1 aromatic rings. The molecule has 0 fully saturated rings. The molecular formula is C18H25N3OS2. The summed E-state index contributed by atoms with van der Waals surface area (Å²) in [6.45, 7) is 8.78. The molecule has 24 heavy (non-hydrogen) atoms. The number of nitriles is 1. The number of carbonyl (C=O) groups is 1. The van der Waals surface area contributed by atoms with Gasteiger partial charge in [-0.1, -0.05) is 27.7 Å². The first-order chi connectivity index (χ1) is 11.3. The highest BCUT2D eigenvalue weighted by Crippen LogP contribution is 2.43. The van der Waals surface area contributed by atoms with Crippen LogP contribution < -0.4 is 10.6 Å². The van der Waals surface area contributed by atoms with E-state index >= 15 is 0 Å². The van der Waals surface area contributed by atoms with Crippen molar-refractivity contribution in [2.75, 3.05) is 5.32 Å². The Morgan fingerprint density at radius 2 is 2.17 bits per heavy atom. The second-order valence-electron chi connectivity index (χ2n) is 7.38. The number of thiocarbonyl (C=S) groups is 1. The molecule has 2 N–H and O–H groups in total. The summed E-state index contributed by atoms with van der Waals surface area (Å²) in [6.07, 6.45) is 4.28. The van der Waals surface area contributed by atoms with Gasteiger partial charge in [0, 0.05) is 11.3 Å². The first kappa shape index (κ1) is 18.9. The summed E-state index contributed by atoms with van der Waals surface area (Å²) in [6, 6.07) is 2.32. The number of anilines is 1. The van der Waals surface area contributed by atoms with Crippen molar-refractivity contribution < 1.29 is 4.79 Å². The van der Waals surface area contributed by atoms with Crippen LogP contribution in [0.1, 0.15) is 63.0 Å². The molecule has 6 heteroatoms. The van der Waals surface area contributed by atoms with Crippen LogP contribution in [-0.4, -0.2) is 11.0 Å². The minimum Gasteiger partial charge on any atom is -0.323 e. The van der Waals surface area contributed by atoms with Gasteiger partial charge in [-0.3, -0.25) is 4.79 Å². The normalized spacial score (nSPS) is 16.9. The third-order valence-corrected chi connectivity index (χ3v) is 5.93. The van der Waals surface area contributed by atoms with Crippen molar-refractivity contribution in [3.8, 4) is 6.07 Å². The molecule has 4 nitrogen and oxygen atoms in total. The number of nitrogens with one attached hydrogen (secondary N) is 2. The van der Waals surface area contributed by atoms with Crippen LogP contribution in [0.4, 0.5) is 5.00 Å². The molecule has 1 aromatic heterocycles. The van der Waals surface area contributed by atoms with Gasteiger partial charge >= 0.3 is 0 Å². The summed E-state index contributed by atoms with van der Waals surface area (Å²) >= 11 is 6.81. The summed E-state index contributed by atoms with van der Waals surface area (Å²) < 4.78 is 0. The standard InChI is InChI=1S/C18H25N3OS2/c1-5-6-15(22)20-17(23)21-16-13(10-19)12-8-7-11(18(2,3)4)9-14(12)24-16/h11H,5-9H2,1-4H3,(H2,20,21,22,23)/t11-/m0/s1. The lowest BCUT2D eigenvalue weighted by Crippen LogP contribution is -2.33. The van der Waals surface area contributed by atoms with Crippen LogP contribution in [0.5, 0.6) is 0 Å². The van der Waals surface area contributed by atoms with Gasteiger partial charge in [0.1, 0.15) is 11.1 Å². The molecule has 1 heterocycles. The number of amides is 1. The Labute approximate surface area is 153 Å². The number of nitrogens with zero attached hydrogens (tertiary/aromatic N) is 1. The highest BCUT2D eigenvalue weighted by atomic mass is 32.1.